The van der Waals surface area contributed by atoms with Crippen molar-refractivity contribution in [3.05, 3.63) is 0 Å². The van der Waals surface area contributed by atoms with Crippen LogP contribution in [0.4, 0.5) is 0 Å². The summed E-state index contributed by atoms with van der Waals surface area (Å²) in [4.78, 5) is 4.84. The SMILES string of the molecule is C1CCC2(CC1)CN=C(NCC1CSCCS1)SC2. The van der Waals surface area contributed by atoms with Crippen LogP contribution in [0, 0.1) is 5.41 Å². The molecule has 2 aliphatic heterocycles. The quantitative estimate of drug-likeness (QED) is 0.843. The molecule has 0 aromatic rings. The Morgan fingerprint density at radius 1 is 1.21 bits per heavy atom. The van der Waals surface area contributed by atoms with E-state index in [9.17, 15) is 0 Å². The van der Waals surface area contributed by atoms with Gasteiger partial charge in [-0.15, -0.1) is 0 Å². The molecule has 1 atom stereocenters. The average Bonchev–Trinajstić information content (AvgIpc) is 2.49. The van der Waals surface area contributed by atoms with Gasteiger partial charge >= 0.3 is 0 Å². The van der Waals surface area contributed by atoms with Gasteiger partial charge in [-0.25, -0.2) is 0 Å². The molecule has 0 aromatic heterocycles. The van der Waals surface area contributed by atoms with Crippen molar-refractivity contribution in [1.82, 2.24) is 5.32 Å². The topological polar surface area (TPSA) is 24.4 Å². The summed E-state index contributed by atoms with van der Waals surface area (Å²) in [5.74, 6) is 5.25. The van der Waals surface area contributed by atoms with Gasteiger partial charge < -0.3 is 5.32 Å². The Labute approximate surface area is 129 Å². The van der Waals surface area contributed by atoms with Gasteiger partial charge in [0.15, 0.2) is 5.17 Å². The van der Waals surface area contributed by atoms with Crippen molar-refractivity contribution in [3.8, 4) is 0 Å². The van der Waals surface area contributed by atoms with Gasteiger partial charge in [0, 0.05) is 41.4 Å². The molecule has 2 fully saturated rings. The third kappa shape index (κ3) is 4.01. The smallest absolute Gasteiger partial charge is 0.156 e. The lowest BCUT2D eigenvalue weighted by molar-refractivity contribution is 0.232. The number of aliphatic imine (C=N–C) groups is 1. The lowest BCUT2D eigenvalue weighted by Crippen LogP contribution is -2.39. The molecule has 2 nitrogen and oxygen atoms in total. The maximum absolute atomic E-state index is 4.84. The molecule has 0 amide bonds. The van der Waals surface area contributed by atoms with Gasteiger partial charge in [0.1, 0.15) is 0 Å². The molecule has 1 saturated carbocycles. The number of nitrogens with one attached hydrogen (secondary N) is 1. The molecule has 1 saturated heterocycles. The largest absolute Gasteiger partial charge is 0.364 e. The van der Waals surface area contributed by atoms with E-state index in [2.05, 4.69) is 28.8 Å². The molecule has 5 heteroatoms. The van der Waals surface area contributed by atoms with E-state index < -0.39 is 0 Å². The van der Waals surface area contributed by atoms with Crippen molar-refractivity contribution < 1.29 is 0 Å². The first kappa shape index (κ1) is 14.5. The molecule has 3 rings (SSSR count). The second kappa shape index (κ2) is 6.99. The highest BCUT2D eigenvalue weighted by Crippen LogP contribution is 2.41. The highest BCUT2D eigenvalue weighted by Gasteiger charge is 2.34. The third-order valence-electron chi connectivity index (χ3n) is 4.35. The fourth-order valence-corrected chi connectivity index (χ4v) is 6.89. The minimum absolute atomic E-state index is 0.559. The summed E-state index contributed by atoms with van der Waals surface area (Å²) >= 11 is 6.21. The number of amidine groups is 1. The molecule has 2 heterocycles. The van der Waals surface area contributed by atoms with E-state index in [1.807, 2.05) is 11.8 Å². The standard InChI is InChI=1S/C14H24N2S3/c1-2-4-14(5-3-1)10-16-13(19-11-14)15-8-12-9-17-6-7-18-12/h12H,1-11H2,(H,15,16). The Kier molecular flexibility index (Phi) is 5.32. The Hall–Kier alpha value is 0.520. The Balaban J connectivity index is 1.45. The lowest BCUT2D eigenvalue weighted by atomic mass is 9.75. The van der Waals surface area contributed by atoms with Crippen molar-refractivity contribution in [2.24, 2.45) is 10.4 Å². The zero-order valence-corrected chi connectivity index (χ0v) is 14.0. The highest BCUT2D eigenvalue weighted by molar-refractivity contribution is 8.13. The van der Waals surface area contributed by atoms with E-state index in [-0.39, 0.29) is 0 Å². The molecule has 1 N–H and O–H groups in total. The van der Waals surface area contributed by atoms with Gasteiger partial charge in [-0.3, -0.25) is 4.99 Å². The van der Waals surface area contributed by atoms with Crippen molar-refractivity contribution in [1.29, 1.82) is 0 Å². The predicted octanol–water partition coefficient (Wildman–Crippen LogP) is 3.48. The van der Waals surface area contributed by atoms with Crippen LogP contribution >= 0.6 is 35.3 Å². The first-order chi connectivity index (χ1) is 9.36. The van der Waals surface area contributed by atoms with Crippen molar-refractivity contribution >= 4 is 40.5 Å². The van der Waals surface area contributed by atoms with Crippen LogP contribution < -0.4 is 5.32 Å². The minimum atomic E-state index is 0.559. The summed E-state index contributed by atoms with van der Waals surface area (Å²) in [6.07, 6.45) is 7.11. The van der Waals surface area contributed by atoms with Crippen LogP contribution in [0.2, 0.25) is 0 Å². The second-order valence-electron chi connectivity index (χ2n) is 5.92. The summed E-state index contributed by atoms with van der Waals surface area (Å²) in [5, 5.41) is 5.59. The Bertz CT molecular complexity index is 321. The van der Waals surface area contributed by atoms with Crippen LogP contribution in [0.25, 0.3) is 0 Å². The fourth-order valence-electron chi connectivity index (χ4n) is 3.12. The summed E-state index contributed by atoms with van der Waals surface area (Å²) in [5.41, 5.74) is 0.559. The van der Waals surface area contributed by atoms with Crippen molar-refractivity contribution in [3.63, 3.8) is 0 Å². The van der Waals surface area contributed by atoms with Gasteiger partial charge in [0.05, 0.1) is 0 Å². The van der Waals surface area contributed by atoms with E-state index >= 15 is 0 Å². The minimum Gasteiger partial charge on any atom is -0.364 e. The lowest BCUT2D eigenvalue weighted by Gasteiger charge is -2.38. The van der Waals surface area contributed by atoms with E-state index in [1.54, 1.807) is 0 Å². The van der Waals surface area contributed by atoms with Crippen LogP contribution in [0.3, 0.4) is 0 Å². The van der Waals surface area contributed by atoms with E-state index in [4.69, 9.17) is 4.99 Å². The number of nitrogens with zero attached hydrogens (tertiary/aromatic N) is 1. The zero-order chi connectivity index (χ0) is 13.0. The van der Waals surface area contributed by atoms with Gasteiger partial charge in [-0.2, -0.15) is 23.5 Å². The summed E-state index contributed by atoms with van der Waals surface area (Å²) < 4.78 is 0. The zero-order valence-electron chi connectivity index (χ0n) is 11.5. The third-order valence-corrected chi connectivity index (χ3v) is 8.50. The summed E-state index contributed by atoms with van der Waals surface area (Å²) in [6.45, 7) is 2.19. The molecule has 1 unspecified atom stereocenters. The molecule has 0 aromatic carbocycles. The van der Waals surface area contributed by atoms with Gasteiger partial charge in [-0.05, 0) is 18.3 Å². The van der Waals surface area contributed by atoms with E-state index in [1.165, 1.54) is 60.3 Å². The van der Waals surface area contributed by atoms with E-state index in [0.717, 1.165) is 18.3 Å². The van der Waals surface area contributed by atoms with Gasteiger partial charge in [-0.1, -0.05) is 31.0 Å². The van der Waals surface area contributed by atoms with Gasteiger partial charge in [0.25, 0.3) is 0 Å². The van der Waals surface area contributed by atoms with Crippen molar-refractivity contribution in [2.75, 3.05) is 36.1 Å². The monoisotopic (exact) mass is 316 g/mol. The Morgan fingerprint density at radius 3 is 2.79 bits per heavy atom. The Morgan fingerprint density at radius 2 is 2.11 bits per heavy atom. The molecule has 108 valence electrons. The molecule has 1 spiro atoms. The highest BCUT2D eigenvalue weighted by atomic mass is 32.2. The van der Waals surface area contributed by atoms with Crippen LogP contribution in [0.1, 0.15) is 32.1 Å². The van der Waals surface area contributed by atoms with Crippen LogP contribution in [0.15, 0.2) is 4.99 Å². The first-order valence-electron chi connectivity index (χ1n) is 7.47. The van der Waals surface area contributed by atoms with Crippen molar-refractivity contribution in [2.45, 2.75) is 37.4 Å². The fraction of sp³-hybridized carbons (Fsp3) is 0.929. The number of rotatable bonds is 2. The summed E-state index contributed by atoms with van der Waals surface area (Å²) in [6, 6.07) is 0. The molecule has 0 radical (unpaired) electrons. The molecular formula is C14H24N2S3. The van der Waals surface area contributed by atoms with Crippen LogP contribution in [-0.2, 0) is 0 Å². The normalized spacial score (nSPS) is 30.9. The molecule has 0 bridgehead atoms. The second-order valence-corrected chi connectivity index (χ2v) is 9.44. The van der Waals surface area contributed by atoms with Crippen LogP contribution in [0.5, 0.6) is 0 Å². The molecular weight excluding hydrogens is 292 g/mol. The average molecular weight is 317 g/mol. The first-order valence-corrected chi connectivity index (χ1v) is 10.7. The maximum Gasteiger partial charge on any atom is 0.156 e. The number of hydrogen-bond acceptors (Lipinski definition) is 5. The number of hydrogen-bond donors (Lipinski definition) is 1. The van der Waals surface area contributed by atoms with E-state index in [0.29, 0.717) is 5.41 Å². The molecule has 3 aliphatic rings. The molecule has 19 heavy (non-hydrogen) atoms. The summed E-state index contributed by atoms with van der Waals surface area (Å²) in [7, 11) is 0. The number of thioether (sulfide) groups is 3. The van der Waals surface area contributed by atoms with Gasteiger partial charge in [0.2, 0.25) is 0 Å². The predicted molar refractivity (Wildman–Crippen MR) is 91.9 cm³/mol. The van der Waals surface area contributed by atoms with Crippen LogP contribution in [-0.4, -0.2) is 46.5 Å². The maximum atomic E-state index is 4.84. The molecule has 1 aliphatic carbocycles.